The number of hydrogen-bond acceptors (Lipinski definition) is 2. The molecule has 2 aliphatic rings. The number of rotatable bonds is 5. The molecule has 2 rings (SSSR count). The minimum Gasteiger partial charge on any atom is -0.393 e. The predicted octanol–water partition coefficient (Wildman–Crippen LogP) is 3.77. The predicted molar refractivity (Wildman–Crippen MR) is 74.5 cm³/mol. The first-order valence-electron chi connectivity index (χ1n) is 7.96. The molecular weight excluding hydrogens is 224 g/mol. The maximum atomic E-state index is 10.1. The molecule has 1 saturated heterocycles. The lowest BCUT2D eigenvalue weighted by atomic mass is 9.73. The van der Waals surface area contributed by atoms with Gasteiger partial charge in [-0.1, -0.05) is 20.3 Å². The number of aliphatic hydroxyl groups excluding tert-OH is 1. The zero-order chi connectivity index (χ0) is 13.0. The maximum absolute atomic E-state index is 10.1. The molecule has 1 aliphatic heterocycles. The monoisotopic (exact) mass is 254 g/mol. The standard InChI is InChI=1S/C16H30O2/c1-12(2)13-8-9-16(17)14(11-13)5-3-6-15-7-4-10-18-15/h12-17H,3-11H2,1-2H3. The highest BCUT2D eigenvalue weighted by Crippen LogP contribution is 2.36. The van der Waals surface area contributed by atoms with Crippen LogP contribution in [0, 0.1) is 17.8 Å². The number of aliphatic hydroxyl groups is 1. The second kappa shape index (κ2) is 6.91. The van der Waals surface area contributed by atoms with E-state index in [9.17, 15) is 5.11 Å². The van der Waals surface area contributed by atoms with Gasteiger partial charge in [-0.3, -0.25) is 0 Å². The Morgan fingerprint density at radius 3 is 2.67 bits per heavy atom. The van der Waals surface area contributed by atoms with E-state index in [1.807, 2.05) is 0 Å². The summed E-state index contributed by atoms with van der Waals surface area (Å²) in [6.07, 6.45) is 10.1. The van der Waals surface area contributed by atoms with E-state index in [-0.39, 0.29) is 6.10 Å². The van der Waals surface area contributed by atoms with Crippen LogP contribution in [-0.2, 0) is 4.74 Å². The van der Waals surface area contributed by atoms with Gasteiger partial charge < -0.3 is 9.84 Å². The van der Waals surface area contributed by atoms with E-state index >= 15 is 0 Å². The summed E-state index contributed by atoms with van der Waals surface area (Å²) in [5, 5.41) is 10.1. The average molecular weight is 254 g/mol. The van der Waals surface area contributed by atoms with Crippen LogP contribution < -0.4 is 0 Å². The van der Waals surface area contributed by atoms with Crippen molar-refractivity contribution in [3.05, 3.63) is 0 Å². The Bertz CT molecular complexity index is 233. The van der Waals surface area contributed by atoms with Gasteiger partial charge in [-0.05, 0) is 62.7 Å². The third kappa shape index (κ3) is 3.96. The quantitative estimate of drug-likeness (QED) is 0.809. The Kier molecular flexibility index (Phi) is 5.50. The van der Waals surface area contributed by atoms with Gasteiger partial charge in [0.25, 0.3) is 0 Å². The van der Waals surface area contributed by atoms with E-state index in [2.05, 4.69) is 13.8 Å². The van der Waals surface area contributed by atoms with Gasteiger partial charge >= 0.3 is 0 Å². The van der Waals surface area contributed by atoms with Crippen molar-refractivity contribution in [2.45, 2.75) is 77.4 Å². The summed E-state index contributed by atoms with van der Waals surface area (Å²) in [6, 6.07) is 0. The molecule has 4 unspecified atom stereocenters. The highest BCUT2D eigenvalue weighted by molar-refractivity contribution is 4.81. The summed E-state index contributed by atoms with van der Waals surface area (Å²) >= 11 is 0. The van der Waals surface area contributed by atoms with E-state index in [0.717, 1.165) is 24.9 Å². The van der Waals surface area contributed by atoms with Crippen molar-refractivity contribution >= 4 is 0 Å². The fourth-order valence-electron chi connectivity index (χ4n) is 3.68. The first-order chi connectivity index (χ1) is 8.66. The van der Waals surface area contributed by atoms with Crippen LogP contribution in [-0.4, -0.2) is 23.9 Å². The molecule has 4 atom stereocenters. The molecule has 0 aromatic heterocycles. The summed E-state index contributed by atoms with van der Waals surface area (Å²) in [5.41, 5.74) is 0. The second-order valence-corrected chi connectivity index (χ2v) is 6.71. The van der Waals surface area contributed by atoms with Crippen molar-refractivity contribution in [3.63, 3.8) is 0 Å². The Hall–Kier alpha value is -0.0800. The largest absolute Gasteiger partial charge is 0.393 e. The maximum Gasteiger partial charge on any atom is 0.0576 e. The van der Waals surface area contributed by atoms with Crippen LogP contribution in [0.5, 0.6) is 0 Å². The molecule has 0 aromatic rings. The fourth-order valence-corrected chi connectivity index (χ4v) is 3.68. The lowest BCUT2D eigenvalue weighted by Gasteiger charge is -2.35. The van der Waals surface area contributed by atoms with Crippen molar-refractivity contribution in [1.82, 2.24) is 0 Å². The summed E-state index contributed by atoms with van der Waals surface area (Å²) in [5.74, 6) is 2.16. The first-order valence-corrected chi connectivity index (χ1v) is 7.96. The third-order valence-electron chi connectivity index (χ3n) is 5.05. The lowest BCUT2D eigenvalue weighted by molar-refractivity contribution is 0.0292. The summed E-state index contributed by atoms with van der Waals surface area (Å²) in [4.78, 5) is 0. The molecule has 0 amide bonds. The van der Waals surface area contributed by atoms with Crippen molar-refractivity contribution in [2.24, 2.45) is 17.8 Å². The number of hydrogen-bond donors (Lipinski definition) is 1. The van der Waals surface area contributed by atoms with E-state index in [1.54, 1.807) is 0 Å². The minimum absolute atomic E-state index is 0.0375. The van der Waals surface area contributed by atoms with Crippen LogP contribution >= 0.6 is 0 Å². The van der Waals surface area contributed by atoms with Crippen LogP contribution in [0.1, 0.15) is 65.2 Å². The molecule has 0 radical (unpaired) electrons. The topological polar surface area (TPSA) is 29.5 Å². The second-order valence-electron chi connectivity index (χ2n) is 6.71. The van der Waals surface area contributed by atoms with E-state index in [4.69, 9.17) is 4.74 Å². The average Bonchev–Trinajstić information content (AvgIpc) is 2.84. The van der Waals surface area contributed by atoms with E-state index in [0.29, 0.717) is 12.0 Å². The Morgan fingerprint density at radius 2 is 2.00 bits per heavy atom. The molecule has 0 aromatic carbocycles. The molecule has 0 bridgehead atoms. The van der Waals surface area contributed by atoms with Crippen LogP contribution in [0.3, 0.4) is 0 Å². The molecule has 106 valence electrons. The van der Waals surface area contributed by atoms with Crippen LogP contribution in [0.4, 0.5) is 0 Å². The summed E-state index contributed by atoms with van der Waals surface area (Å²) in [7, 11) is 0. The Balaban J connectivity index is 1.69. The summed E-state index contributed by atoms with van der Waals surface area (Å²) in [6.45, 7) is 5.61. The van der Waals surface area contributed by atoms with Crippen LogP contribution in [0.2, 0.25) is 0 Å². The van der Waals surface area contributed by atoms with E-state index in [1.165, 1.54) is 44.9 Å². The van der Waals surface area contributed by atoms with Gasteiger partial charge in [-0.25, -0.2) is 0 Å². The molecule has 2 fully saturated rings. The minimum atomic E-state index is -0.0375. The molecule has 1 aliphatic carbocycles. The van der Waals surface area contributed by atoms with Gasteiger partial charge in [-0.15, -0.1) is 0 Å². The van der Waals surface area contributed by atoms with Crippen molar-refractivity contribution in [2.75, 3.05) is 6.61 Å². The molecule has 1 N–H and O–H groups in total. The molecule has 2 heteroatoms. The van der Waals surface area contributed by atoms with Gasteiger partial charge in [0, 0.05) is 6.61 Å². The molecule has 1 heterocycles. The molecule has 18 heavy (non-hydrogen) atoms. The molecule has 1 saturated carbocycles. The van der Waals surface area contributed by atoms with Gasteiger partial charge in [0.1, 0.15) is 0 Å². The summed E-state index contributed by atoms with van der Waals surface area (Å²) < 4.78 is 5.67. The van der Waals surface area contributed by atoms with Gasteiger partial charge in [0.15, 0.2) is 0 Å². The SMILES string of the molecule is CC(C)C1CCC(O)C(CCCC2CCCO2)C1. The first kappa shape index (κ1) is 14.3. The normalized spacial score (nSPS) is 37.3. The molecule has 2 nitrogen and oxygen atoms in total. The molecule has 0 spiro atoms. The smallest absolute Gasteiger partial charge is 0.0576 e. The zero-order valence-electron chi connectivity index (χ0n) is 12.1. The van der Waals surface area contributed by atoms with Crippen LogP contribution in [0.25, 0.3) is 0 Å². The highest BCUT2D eigenvalue weighted by atomic mass is 16.5. The zero-order valence-corrected chi connectivity index (χ0v) is 12.1. The lowest BCUT2D eigenvalue weighted by Crippen LogP contribution is -2.31. The van der Waals surface area contributed by atoms with E-state index < -0.39 is 0 Å². The van der Waals surface area contributed by atoms with Gasteiger partial charge in [-0.2, -0.15) is 0 Å². The Morgan fingerprint density at radius 1 is 1.17 bits per heavy atom. The number of ether oxygens (including phenoxy) is 1. The molecular formula is C16H30O2. The van der Waals surface area contributed by atoms with Crippen molar-refractivity contribution in [3.8, 4) is 0 Å². The third-order valence-corrected chi connectivity index (χ3v) is 5.05. The van der Waals surface area contributed by atoms with Crippen LogP contribution in [0.15, 0.2) is 0 Å². The van der Waals surface area contributed by atoms with Gasteiger partial charge in [0.2, 0.25) is 0 Å². The van der Waals surface area contributed by atoms with Gasteiger partial charge in [0.05, 0.1) is 12.2 Å². The van der Waals surface area contributed by atoms with Crippen molar-refractivity contribution in [1.29, 1.82) is 0 Å². The highest BCUT2D eigenvalue weighted by Gasteiger charge is 2.30. The fraction of sp³-hybridized carbons (Fsp3) is 1.00. The Labute approximate surface area is 112 Å². The van der Waals surface area contributed by atoms with Crippen molar-refractivity contribution < 1.29 is 9.84 Å².